The van der Waals surface area contributed by atoms with Crippen molar-refractivity contribution >= 4 is 0 Å². The quantitative estimate of drug-likeness (QED) is 0.760. The number of phenolic OH excluding ortho intramolecular Hbond substituents is 1. The molecule has 0 fully saturated rings. The van der Waals surface area contributed by atoms with Crippen LogP contribution in [-0.4, -0.2) is 5.11 Å². The highest BCUT2D eigenvalue weighted by Crippen LogP contribution is 2.27. The van der Waals surface area contributed by atoms with E-state index in [1.165, 1.54) is 11.1 Å². The van der Waals surface area contributed by atoms with E-state index in [4.69, 9.17) is 0 Å². The zero-order chi connectivity index (χ0) is 13.7. The molecule has 0 aliphatic rings. The second kappa shape index (κ2) is 6.44. The second-order valence-electron chi connectivity index (χ2n) is 5.34. The highest BCUT2D eigenvalue weighted by atomic mass is 16.3. The van der Waals surface area contributed by atoms with Crippen molar-refractivity contribution in [1.29, 1.82) is 0 Å². The molecule has 1 N–H and O–H groups in total. The largest absolute Gasteiger partial charge is 0.507 e. The number of rotatable bonds is 4. The Morgan fingerprint density at radius 1 is 1.00 bits per heavy atom. The summed E-state index contributed by atoms with van der Waals surface area (Å²) >= 11 is 0. The molecule has 0 aliphatic heterocycles. The highest BCUT2D eigenvalue weighted by Gasteiger charge is 2.08. The third kappa shape index (κ3) is 4.06. The molecular formula is C17H24O. The van der Waals surface area contributed by atoms with Gasteiger partial charge in [-0.2, -0.15) is 0 Å². The molecule has 0 saturated heterocycles. The number of aryl methyl sites for hydroxylation is 1. The maximum atomic E-state index is 10.3. The Morgan fingerprint density at radius 2 is 1.56 bits per heavy atom. The first kappa shape index (κ1) is 14.6. The SMILES string of the molecule is CC(C)=CCc1ccc(C)c(CC=C(C)C)c1O. The number of phenols is 1. The van der Waals surface area contributed by atoms with Crippen LogP contribution in [0, 0.1) is 6.92 Å². The third-order valence-corrected chi connectivity index (χ3v) is 3.05. The topological polar surface area (TPSA) is 20.2 Å². The van der Waals surface area contributed by atoms with Crippen molar-refractivity contribution in [2.24, 2.45) is 0 Å². The number of aromatic hydroxyl groups is 1. The first-order valence-corrected chi connectivity index (χ1v) is 6.49. The first-order valence-electron chi connectivity index (χ1n) is 6.49. The van der Waals surface area contributed by atoms with Crippen LogP contribution in [0.4, 0.5) is 0 Å². The van der Waals surface area contributed by atoms with Gasteiger partial charge in [0.25, 0.3) is 0 Å². The van der Waals surface area contributed by atoms with Gasteiger partial charge in [-0.15, -0.1) is 0 Å². The van der Waals surface area contributed by atoms with Crippen molar-refractivity contribution in [3.05, 3.63) is 52.1 Å². The van der Waals surface area contributed by atoms with E-state index >= 15 is 0 Å². The Morgan fingerprint density at radius 3 is 2.11 bits per heavy atom. The van der Waals surface area contributed by atoms with Crippen LogP contribution < -0.4 is 0 Å². The van der Waals surface area contributed by atoms with E-state index in [0.29, 0.717) is 5.75 Å². The lowest BCUT2D eigenvalue weighted by Crippen LogP contribution is -1.94. The minimum atomic E-state index is 0.463. The predicted octanol–water partition coefficient (Wildman–Crippen LogP) is 4.72. The number of allylic oxidation sites excluding steroid dienone is 4. The summed E-state index contributed by atoms with van der Waals surface area (Å²) in [5, 5.41) is 10.3. The number of hydrogen-bond acceptors (Lipinski definition) is 1. The van der Waals surface area contributed by atoms with Crippen molar-refractivity contribution in [1.82, 2.24) is 0 Å². The molecule has 0 aromatic heterocycles. The Balaban J connectivity index is 3.06. The van der Waals surface area contributed by atoms with Crippen LogP contribution >= 0.6 is 0 Å². The Labute approximate surface area is 111 Å². The van der Waals surface area contributed by atoms with Crippen LogP contribution in [0.1, 0.15) is 44.4 Å². The predicted molar refractivity (Wildman–Crippen MR) is 79.1 cm³/mol. The van der Waals surface area contributed by atoms with Crippen LogP contribution in [0.15, 0.2) is 35.4 Å². The standard InChI is InChI=1S/C17H24O/c1-12(2)6-9-15-10-8-14(5)16(17(15)18)11-7-13(3)4/h6-8,10,18H,9,11H2,1-5H3. The van der Waals surface area contributed by atoms with Gasteiger partial charge in [-0.05, 0) is 58.6 Å². The second-order valence-corrected chi connectivity index (χ2v) is 5.34. The monoisotopic (exact) mass is 244 g/mol. The molecule has 0 amide bonds. The fourth-order valence-electron chi connectivity index (χ4n) is 1.83. The minimum absolute atomic E-state index is 0.463. The Bertz CT molecular complexity index is 471. The molecule has 0 atom stereocenters. The average Bonchev–Trinajstić information content (AvgIpc) is 2.27. The maximum absolute atomic E-state index is 10.3. The summed E-state index contributed by atoms with van der Waals surface area (Å²) in [4.78, 5) is 0. The molecule has 1 aromatic carbocycles. The first-order chi connectivity index (χ1) is 8.41. The molecule has 0 saturated carbocycles. The number of hydrogen-bond donors (Lipinski definition) is 1. The van der Waals surface area contributed by atoms with Crippen LogP contribution in [0.25, 0.3) is 0 Å². The Hall–Kier alpha value is -1.50. The van der Waals surface area contributed by atoms with E-state index in [-0.39, 0.29) is 0 Å². The van der Waals surface area contributed by atoms with E-state index in [0.717, 1.165) is 29.5 Å². The fraction of sp³-hybridized carbons (Fsp3) is 0.412. The minimum Gasteiger partial charge on any atom is -0.507 e. The molecule has 18 heavy (non-hydrogen) atoms. The summed E-state index contributed by atoms with van der Waals surface area (Å²) in [5.41, 5.74) is 5.78. The third-order valence-electron chi connectivity index (χ3n) is 3.05. The van der Waals surface area contributed by atoms with Crippen molar-refractivity contribution in [3.8, 4) is 5.75 Å². The summed E-state index contributed by atoms with van der Waals surface area (Å²) in [7, 11) is 0. The molecule has 98 valence electrons. The van der Waals surface area contributed by atoms with Crippen molar-refractivity contribution in [2.75, 3.05) is 0 Å². The van der Waals surface area contributed by atoms with Gasteiger partial charge in [-0.1, -0.05) is 35.4 Å². The van der Waals surface area contributed by atoms with Gasteiger partial charge in [-0.25, -0.2) is 0 Å². The molecule has 1 heteroatoms. The molecule has 0 bridgehead atoms. The maximum Gasteiger partial charge on any atom is 0.122 e. The lowest BCUT2D eigenvalue weighted by molar-refractivity contribution is 0.463. The fourth-order valence-corrected chi connectivity index (χ4v) is 1.83. The van der Waals surface area contributed by atoms with E-state index in [1.807, 2.05) is 6.07 Å². The van der Waals surface area contributed by atoms with Gasteiger partial charge in [0.1, 0.15) is 5.75 Å². The molecule has 0 heterocycles. The van der Waals surface area contributed by atoms with Gasteiger partial charge < -0.3 is 5.11 Å². The zero-order valence-corrected chi connectivity index (χ0v) is 12.2. The zero-order valence-electron chi connectivity index (χ0n) is 12.2. The van der Waals surface area contributed by atoms with Crippen LogP contribution in [0.2, 0.25) is 0 Å². The van der Waals surface area contributed by atoms with Crippen molar-refractivity contribution in [2.45, 2.75) is 47.5 Å². The van der Waals surface area contributed by atoms with E-state index in [1.54, 1.807) is 0 Å². The molecule has 1 nitrogen and oxygen atoms in total. The summed E-state index contributed by atoms with van der Waals surface area (Å²) in [6.07, 6.45) is 5.92. The van der Waals surface area contributed by atoms with Gasteiger partial charge in [0.15, 0.2) is 0 Å². The summed E-state index contributed by atoms with van der Waals surface area (Å²) in [6.45, 7) is 10.4. The molecule has 0 aliphatic carbocycles. The van der Waals surface area contributed by atoms with Gasteiger partial charge in [-0.3, -0.25) is 0 Å². The van der Waals surface area contributed by atoms with Gasteiger partial charge in [0.2, 0.25) is 0 Å². The molecular weight excluding hydrogens is 220 g/mol. The number of benzene rings is 1. The average molecular weight is 244 g/mol. The molecule has 0 unspecified atom stereocenters. The molecule has 1 aromatic rings. The smallest absolute Gasteiger partial charge is 0.122 e. The van der Waals surface area contributed by atoms with Crippen LogP contribution in [-0.2, 0) is 12.8 Å². The van der Waals surface area contributed by atoms with Crippen LogP contribution in [0.3, 0.4) is 0 Å². The van der Waals surface area contributed by atoms with E-state index < -0.39 is 0 Å². The highest BCUT2D eigenvalue weighted by molar-refractivity contribution is 5.47. The van der Waals surface area contributed by atoms with Crippen LogP contribution in [0.5, 0.6) is 5.75 Å². The summed E-state index contributed by atoms with van der Waals surface area (Å²) in [5.74, 6) is 0.463. The summed E-state index contributed by atoms with van der Waals surface area (Å²) in [6, 6.07) is 4.12. The lowest BCUT2D eigenvalue weighted by atomic mass is 9.97. The van der Waals surface area contributed by atoms with Gasteiger partial charge in [0, 0.05) is 5.56 Å². The van der Waals surface area contributed by atoms with E-state index in [9.17, 15) is 5.11 Å². The van der Waals surface area contributed by atoms with Crippen molar-refractivity contribution < 1.29 is 5.11 Å². The van der Waals surface area contributed by atoms with E-state index in [2.05, 4.69) is 52.8 Å². The summed E-state index contributed by atoms with van der Waals surface area (Å²) < 4.78 is 0. The van der Waals surface area contributed by atoms with Crippen molar-refractivity contribution in [3.63, 3.8) is 0 Å². The van der Waals surface area contributed by atoms with Gasteiger partial charge >= 0.3 is 0 Å². The molecule has 0 radical (unpaired) electrons. The Kier molecular flexibility index (Phi) is 5.21. The lowest BCUT2D eigenvalue weighted by Gasteiger charge is -2.11. The normalized spacial score (nSPS) is 10.1. The molecule has 1 rings (SSSR count). The molecule has 0 spiro atoms. The van der Waals surface area contributed by atoms with Gasteiger partial charge in [0.05, 0.1) is 0 Å².